The molecule has 0 aliphatic carbocycles. The Bertz CT molecular complexity index is 980. The molecule has 27 heavy (non-hydrogen) atoms. The summed E-state index contributed by atoms with van der Waals surface area (Å²) in [5, 5.41) is 23.0. The fourth-order valence-electron chi connectivity index (χ4n) is 2.39. The first kappa shape index (κ1) is 18.4. The summed E-state index contributed by atoms with van der Waals surface area (Å²) in [6.07, 6.45) is 1.39. The lowest BCUT2D eigenvalue weighted by Gasteiger charge is -2.19. The third kappa shape index (κ3) is 4.24. The van der Waals surface area contributed by atoms with Gasteiger partial charge >= 0.3 is 0 Å². The molecule has 3 rings (SSSR count). The van der Waals surface area contributed by atoms with Gasteiger partial charge in [0, 0.05) is 10.5 Å². The van der Waals surface area contributed by atoms with Gasteiger partial charge < -0.3 is 14.8 Å². The van der Waals surface area contributed by atoms with Gasteiger partial charge in [-0.15, -0.1) is 0 Å². The fourth-order valence-corrected chi connectivity index (χ4v) is 2.66. The van der Waals surface area contributed by atoms with Crippen LogP contribution in [0.15, 0.2) is 46.4 Å². The quantitative estimate of drug-likeness (QED) is 0.343. The number of carbonyl (C=O) groups excluding carboxylic acids is 1. The Labute approximate surface area is 162 Å². The molecule has 0 bridgehead atoms. The van der Waals surface area contributed by atoms with Crippen LogP contribution in [0.3, 0.4) is 0 Å². The SMILES string of the molecule is N#C/C(=C\c1ccc(Br)cc1)C(=O)Nc1cc2c(cc1[N+](=O)[O-])OCCO2. The highest BCUT2D eigenvalue weighted by Crippen LogP contribution is 2.39. The normalized spacial score (nSPS) is 12.8. The van der Waals surface area contributed by atoms with Crippen LogP contribution in [0, 0.1) is 21.4 Å². The molecule has 9 heteroatoms. The van der Waals surface area contributed by atoms with Crippen LogP contribution in [0.2, 0.25) is 0 Å². The number of hydrogen-bond donors (Lipinski definition) is 1. The van der Waals surface area contributed by atoms with Gasteiger partial charge in [-0.2, -0.15) is 5.26 Å². The maximum Gasteiger partial charge on any atom is 0.296 e. The molecule has 0 radical (unpaired) electrons. The van der Waals surface area contributed by atoms with Crippen molar-refractivity contribution in [1.82, 2.24) is 0 Å². The number of carbonyl (C=O) groups is 1. The minimum absolute atomic E-state index is 0.0776. The molecule has 1 heterocycles. The number of rotatable bonds is 4. The summed E-state index contributed by atoms with van der Waals surface area (Å²) in [4.78, 5) is 23.1. The van der Waals surface area contributed by atoms with E-state index in [1.54, 1.807) is 24.3 Å². The maximum absolute atomic E-state index is 12.5. The van der Waals surface area contributed by atoms with E-state index in [4.69, 9.17) is 9.47 Å². The average Bonchev–Trinajstić information content (AvgIpc) is 2.66. The molecule has 8 nitrogen and oxygen atoms in total. The van der Waals surface area contributed by atoms with Crippen LogP contribution in [-0.2, 0) is 4.79 Å². The van der Waals surface area contributed by atoms with Gasteiger partial charge in [0.05, 0.1) is 11.0 Å². The van der Waals surface area contributed by atoms with Gasteiger partial charge in [0.25, 0.3) is 11.6 Å². The number of fused-ring (bicyclic) bond motifs is 1. The smallest absolute Gasteiger partial charge is 0.296 e. The summed E-state index contributed by atoms with van der Waals surface area (Å²) in [5.74, 6) is -0.241. The van der Waals surface area contributed by atoms with Gasteiger partial charge in [-0.25, -0.2) is 0 Å². The van der Waals surface area contributed by atoms with Crippen LogP contribution in [0.4, 0.5) is 11.4 Å². The van der Waals surface area contributed by atoms with E-state index in [-0.39, 0.29) is 35.1 Å². The average molecular weight is 430 g/mol. The van der Waals surface area contributed by atoms with Gasteiger partial charge in [-0.3, -0.25) is 14.9 Å². The summed E-state index contributed by atoms with van der Waals surface area (Å²) in [6.45, 7) is 0.579. The molecule has 0 unspecified atom stereocenters. The molecule has 1 aliphatic heterocycles. The first-order valence-electron chi connectivity index (χ1n) is 7.74. The van der Waals surface area contributed by atoms with E-state index < -0.39 is 10.8 Å². The van der Waals surface area contributed by atoms with Crippen LogP contribution in [0.5, 0.6) is 11.5 Å². The topological polar surface area (TPSA) is 114 Å². The molecule has 1 N–H and O–H groups in total. The first-order chi connectivity index (χ1) is 13.0. The Balaban J connectivity index is 1.91. The summed E-state index contributed by atoms with van der Waals surface area (Å²) < 4.78 is 11.6. The number of hydrogen-bond acceptors (Lipinski definition) is 6. The summed E-state index contributed by atoms with van der Waals surface area (Å²) in [5.41, 5.74) is 0.0165. The predicted octanol–water partition coefficient (Wildman–Crippen LogP) is 3.67. The number of ether oxygens (including phenoxy) is 2. The molecular formula is C18H12BrN3O5. The van der Waals surface area contributed by atoms with E-state index in [1.165, 1.54) is 18.2 Å². The Kier molecular flexibility index (Phi) is 5.38. The summed E-state index contributed by atoms with van der Waals surface area (Å²) in [6, 6.07) is 11.3. The zero-order chi connectivity index (χ0) is 19.4. The zero-order valence-corrected chi connectivity index (χ0v) is 15.4. The van der Waals surface area contributed by atoms with Crippen molar-refractivity contribution in [3.8, 4) is 17.6 Å². The van der Waals surface area contributed by atoms with E-state index in [1.807, 2.05) is 6.07 Å². The molecule has 0 saturated heterocycles. The van der Waals surface area contributed by atoms with Crippen molar-refractivity contribution in [1.29, 1.82) is 5.26 Å². The van der Waals surface area contributed by atoms with Crippen molar-refractivity contribution in [3.63, 3.8) is 0 Å². The van der Waals surface area contributed by atoms with Gasteiger partial charge in [0.1, 0.15) is 30.5 Å². The van der Waals surface area contributed by atoms with E-state index in [0.717, 1.165) is 4.47 Å². The van der Waals surface area contributed by atoms with Crippen molar-refractivity contribution < 1.29 is 19.2 Å². The van der Waals surface area contributed by atoms with Crippen LogP contribution in [0.25, 0.3) is 6.08 Å². The third-order valence-electron chi connectivity index (χ3n) is 3.65. The second-order valence-corrected chi connectivity index (χ2v) is 6.36. The van der Waals surface area contributed by atoms with Gasteiger partial charge in [-0.1, -0.05) is 28.1 Å². The van der Waals surface area contributed by atoms with E-state index >= 15 is 0 Å². The fraction of sp³-hybridized carbons (Fsp3) is 0.111. The van der Waals surface area contributed by atoms with E-state index in [0.29, 0.717) is 12.2 Å². The molecule has 136 valence electrons. The predicted molar refractivity (Wildman–Crippen MR) is 100 cm³/mol. The lowest BCUT2D eigenvalue weighted by atomic mass is 10.1. The van der Waals surface area contributed by atoms with Crippen molar-refractivity contribution >= 4 is 39.3 Å². The maximum atomic E-state index is 12.5. The molecule has 2 aromatic carbocycles. The Morgan fingerprint density at radius 2 is 1.85 bits per heavy atom. The van der Waals surface area contributed by atoms with E-state index in [2.05, 4.69) is 21.2 Å². The van der Waals surface area contributed by atoms with Crippen LogP contribution in [-0.4, -0.2) is 24.0 Å². The lowest BCUT2D eigenvalue weighted by molar-refractivity contribution is -0.384. The van der Waals surface area contributed by atoms with Gasteiger partial charge in [0.2, 0.25) is 0 Å². The molecule has 0 saturated carbocycles. The highest BCUT2D eigenvalue weighted by atomic mass is 79.9. The van der Waals surface area contributed by atoms with Crippen LogP contribution < -0.4 is 14.8 Å². The number of nitrogens with one attached hydrogen (secondary N) is 1. The van der Waals surface area contributed by atoms with Crippen molar-refractivity contribution in [2.45, 2.75) is 0 Å². The van der Waals surface area contributed by atoms with Crippen LogP contribution >= 0.6 is 15.9 Å². The number of amides is 1. The standard InChI is InChI=1S/C18H12BrN3O5/c19-13-3-1-11(2-4-13)7-12(10-20)18(23)21-14-8-16-17(27-6-5-26-16)9-15(14)22(24)25/h1-4,7-9H,5-6H2,(H,21,23)/b12-7+. The number of nitro benzene ring substituents is 1. The first-order valence-corrected chi connectivity index (χ1v) is 8.54. The zero-order valence-electron chi connectivity index (χ0n) is 13.8. The van der Waals surface area contributed by atoms with Crippen molar-refractivity contribution in [2.75, 3.05) is 18.5 Å². The molecule has 0 fully saturated rings. The number of nitro groups is 1. The minimum atomic E-state index is -0.764. The monoisotopic (exact) mass is 429 g/mol. The number of halogens is 1. The minimum Gasteiger partial charge on any atom is -0.486 e. The Morgan fingerprint density at radius 3 is 2.44 bits per heavy atom. The molecule has 1 amide bonds. The summed E-state index contributed by atoms with van der Waals surface area (Å²) >= 11 is 3.30. The van der Waals surface area contributed by atoms with Gasteiger partial charge in [0.15, 0.2) is 11.5 Å². The highest BCUT2D eigenvalue weighted by molar-refractivity contribution is 9.10. The van der Waals surface area contributed by atoms with E-state index in [9.17, 15) is 20.2 Å². The molecule has 2 aromatic rings. The van der Waals surface area contributed by atoms with Crippen molar-refractivity contribution in [3.05, 3.63) is 62.1 Å². The summed E-state index contributed by atoms with van der Waals surface area (Å²) in [7, 11) is 0. The van der Waals surface area contributed by atoms with Crippen LogP contribution in [0.1, 0.15) is 5.56 Å². The second kappa shape index (κ2) is 7.88. The second-order valence-electron chi connectivity index (χ2n) is 5.45. The molecule has 0 atom stereocenters. The Morgan fingerprint density at radius 1 is 1.22 bits per heavy atom. The number of nitrogens with zero attached hydrogens (tertiary/aromatic N) is 2. The number of anilines is 1. The molecular weight excluding hydrogens is 418 g/mol. The number of nitriles is 1. The molecule has 0 spiro atoms. The third-order valence-corrected chi connectivity index (χ3v) is 4.18. The highest BCUT2D eigenvalue weighted by Gasteiger charge is 2.24. The largest absolute Gasteiger partial charge is 0.486 e. The molecule has 0 aromatic heterocycles. The lowest BCUT2D eigenvalue weighted by Crippen LogP contribution is -2.18. The van der Waals surface area contributed by atoms with Gasteiger partial charge in [-0.05, 0) is 23.8 Å². The van der Waals surface area contributed by atoms with Crippen molar-refractivity contribution in [2.24, 2.45) is 0 Å². The Hall–Kier alpha value is -3.38. The number of benzene rings is 2. The molecule has 1 aliphatic rings.